The number of halogens is 1. The standard InChI is InChI=1S/C16H16ClN/c17-14-9-5-4-8-13(14)15(18)16(10-11-16)12-6-2-1-3-7-12/h1-9,15H,10-11,18H2. The Balaban J connectivity index is 1.98. The van der Waals surface area contributed by atoms with Gasteiger partial charge in [0.25, 0.3) is 0 Å². The highest BCUT2D eigenvalue weighted by atomic mass is 35.5. The molecule has 0 aromatic heterocycles. The van der Waals surface area contributed by atoms with E-state index in [2.05, 4.69) is 24.3 Å². The average Bonchev–Trinajstić information content (AvgIpc) is 3.21. The van der Waals surface area contributed by atoms with E-state index in [1.54, 1.807) is 0 Å². The van der Waals surface area contributed by atoms with Crippen molar-refractivity contribution in [2.75, 3.05) is 0 Å². The van der Waals surface area contributed by atoms with Crippen LogP contribution >= 0.6 is 11.6 Å². The van der Waals surface area contributed by atoms with E-state index < -0.39 is 0 Å². The van der Waals surface area contributed by atoms with Crippen LogP contribution in [0.2, 0.25) is 5.02 Å². The molecule has 2 N–H and O–H groups in total. The summed E-state index contributed by atoms with van der Waals surface area (Å²) in [4.78, 5) is 0. The quantitative estimate of drug-likeness (QED) is 0.881. The van der Waals surface area contributed by atoms with Gasteiger partial charge in [-0.15, -0.1) is 0 Å². The molecule has 3 rings (SSSR count). The number of hydrogen-bond acceptors (Lipinski definition) is 1. The lowest BCUT2D eigenvalue weighted by atomic mass is 9.84. The summed E-state index contributed by atoms with van der Waals surface area (Å²) < 4.78 is 0. The van der Waals surface area contributed by atoms with Crippen molar-refractivity contribution in [1.82, 2.24) is 0 Å². The second kappa shape index (κ2) is 4.42. The van der Waals surface area contributed by atoms with Crippen molar-refractivity contribution in [3.8, 4) is 0 Å². The fraction of sp³-hybridized carbons (Fsp3) is 0.250. The van der Waals surface area contributed by atoms with Crippen LogP contribution in [0.4, 0.5) is 0 Å². The van der Waals surface area contributed by atoms with Gasteiger partial charge in [0, 0.05) is 16.5 Å². The predicted octanol–water partition coefficient (Wildman–Crippen LogP) is 4.07. The lowest BCUT2D eigenvalue weighted by molar-refractivity contribution is 0.541. The highest BCUT2D eigenvalue weighted by Gasteiger charge is 2.50. The van der Waals surface area contributed by atoms with Crippen LogP contribution in [-0.2, 0) is 5.41 Å². The van der Waals surface area contributed by atoms with Gasteiger partial charge in [0.2, 0.25) is 0 Å². The van der Waals surface area contributed by atoms with Crippen molar-refractivity contribution >= 4 is 11.6 Å². The largest absolute Gasteiger partial charge is 0.323 e. The van der Waals surface area contributed by atoms with Crippen LogP contribution in [-0.4, -0.2) is 0 Å². The zero-order valence-corrected chi connectivity index (χ0v) is 10.9. The maximum atomic E-state index is 6.48. The zero-order valence-electron chi connectivity index (χ0n) is 10.1. The molecule has 18 heavy (non-hydrogen) atoms. The van der Waals surface area contributed by atoms with Gasteiger partial charge in [-0.1, -0.05) is 60.1 Å². The summed E-state index contributed by atoms with van der Waals surface area (Å²) in [6.07, 6.45) is 2.28. The second-order valence-electron chi connectivity index (χ2n) is 5.02. The van der Waals surface area contributed by atoms with Crippen molar-refractivity contribution in [3.63, 3.8) is 0 Å². The number of benzene rings is 2. The summed E-state index contributed by atoms with van der Waals surface area (Å²) in [7, 11) is 0. The van der Waals surface area contributed by atoms with Gasteiger partial charge < -0.3 is 5.73 Å². The van der Waals surface area contributed by atoms with Gasteiger partial charge in [0.15, 0.2) is 0 Å². The van der Waals surface area contributed by atoms with Crippen molar-refractivity contribution in [2.24, 2.45) is 5.73 Å². The molecule has 2 aromatic carbocycles. The van der Waals surface area contributed by atoms with Gasteiger partial charge in [0.05, 0.1) is 0 Å². The van der Waals surface area contributed by atoms with Gasteiger partial charge in [0.1, 0.15) is 0 Å². The molecule has 1 fully saturated rings. The predicted molar refractivity (Wildman–Crippen MR) is 75.7 cm³/mol. The summed E-state index contributed by atoms with van der Waals surface area (Å²) >= 11 is 6.26. The van der Waals surface area contributed by atoms with Crippen molar-refractivity contribution in [1.29, 1.82) is 0 Å². The monoisotopic (exact) mass is 257 g/mol. The van der Waals surface area contributed by atoms with Crippen LogP contribution in [0.15, 0.2) is 54.6 Å². The Bertz CT molecular complexity index is 546. The molecule has 0 saturated heterocycles. The Labute approximate surface area is 113 Å². The molecule has 0 radical (unpaired) electrons. The molecule has 0 bridgehead atoms. The van der Waals surface area contributed by atoms with Gasteiger partial charge in [-0.2, -0.15) is 0 Å². The molecule has 2 heteroatoms. The smallest absolute Gasteiger partial charge is 0.0454 e. The lowest BCUT2D eigenvalue weighted by Gasteiger charge is -2.25. The molecule has 1 atom stereocenters. The molecular formula is C16H16ClN. The van der Waals surface area contributed by atoms with E-state index in [9.17, 15) is 0 Å². The third kappa shape index (κ3) is 1.84. The highest BCUT2D eigenvalue weighted by Crippen LogP contribution is 2.56. The van der Waals surface area contributed by atoms with Gasteiger partial charge >= 0.3 is 0 Å². The molecule has 92 valence electrons. The molecule has 0 amide bonds. The molecule has 1 aliphatic rings. The Hall–Kier alpha value is -1.31. The van der Waals surface area contributed by atoms with Crippen molar-refractivity contribution < 1.29 is 0 Å². The van der Waals surface area contributed by atoms with Crippen molar-refractivity contribution in [2.45, 2.75) is 24.3 Å². The minimum atomic E-state index is -0.0198. The maximum absolute atomic E-state index is 6.48. The van der Waals surface area contributed by atoms with E-state index in [-0.39, 0.29) is 11.5 Å². The van der Waals surface area contributed by atoms with Crippen LogP contribution in [0, 0.1) is 0 Å². The van der Waals surface area contributed by atoms with Crippen LogP contribution in [0.5, 0.6) is 0 Å². The fourth-order valence-corrected chi connectivity index (χ4v) is 2.96. The minimum Gasteiger partial charge on any atom is -0.323 e. The van der Waals surface area contributed by atoms with E-state index in [0.717, 1.165) is 23.4 Å². The molecule has 0 aliphatic heterocycles. The van der Waals surface area contributed by atoms with E-state index in [1.165, 1.54) is 5.56 Å². The highest BCUT2D eigenvalue weighted by molar-refractivity contribution is 6.31. The lowest BCUT2D eigenvalue weighted by Crippen LogP contribution is -2.26. The van der Waals surface area contributed by atoms with Gasteiger partial charge in [-0.3, -0.25) is 0 Å². The molecule has 1 unspecified atom stereocenters. The Morgan fingerprint density at radius 2 is 1.56 bits per heavy atom. The first-order valence-corrected chi connectivity index (χ1v) is 6.67. The Morgan fingerprint density at radius 1 is 0.944 bits per heavy atom. The van der Waals surface area contributed by atoms with E-state index in [4.69, 9.17) is 17.3 Å². The summed E-state index contributed by atoms with van der Waals surface area (Å²) in [5, 5.41) is 0.771. The first-order chi connectivity index (χ1) is 8.74. The van der Waals surface area contributed by atoms with E-state index in [0.29, 0.717) is 0 Å². The van der Waals surface area contributed by atoms with Crippen LogP contribution in [0.3, 0.4) is 0 Å². The van der Waals surface area contributed by atoms with E-state index >= 15 is 0 Å². The summed E-state index contributed by atoms with van der Waals surface area (Å²) in [6, 6.07) is 18.4. The number of nitrogens with two attached hydrogens (primary N) is 1. The zero-order chi connectivity index (χ0) is 12.6. The van der Waals surface area contributed by atoms with Crippen LogP contribution in [0.1, 0.15) is 30.0 Å². The Kier molecular flexibility index (Phi) is 2.89. The minimum absolute atomic E-state index is 0.0198. The normalized spacial score (nSPS) is 18.3. The Morgan fingerprint density at radius 3 is 2.17 bits per heavy atom. The third-order valence-electron chi connectivity index (χ3n) is 3.97. The molecule has 0 heterocycles. The summed E-state index contributed by atoms with van der Waals surface area (Å²) in [5.74, 6) is 0. The number of rotatable bonds is 3. The average molecular weight is 258 g/mol. The first kappa shape index (κ1) is 11.8. The molecule has 1 saturated carbocycles. The fourth-order valence-electron chi connectivity index (χ4n) is 2.71. The van der Waals surface area contributed by atoms with Crippen LogP contribution < -0.4 is 5.73 Å². The molecule has 1 aliphatic carbocycles. The van der Waals surface area contributed by atoms with Gasteiger partial charge in [-0.05, 0) is 30.0 Å². The second-order valence-corrected chi connectivity index (χ2v) is 5.43. The molecule has 1 nitrogen and oxygen atoms in total. The number of hydrogen-bond donors (Lipinski definition) is 1. The van der Waals surface area contributed by atoms with Crippen molar-refractivity contribution in [3.05, 3.63) is 70.7 Å². The SMILES string of the molecule is NC(c1ccccc1Cl)C1(c2ccccc2)CC1. The topological polar surface area (TPSA) is 26.0 Å². The maximum Gasteiger partial charge on any atom is 0.0454 e. The summed E-state index contributed by atoms with van der Waals surface area (Å²) in [6.45, 7) is 0. The van der Waals surface area contributed by atoms with Gasteiger partial charge in [-0.25, -0.2) is 0 Å². The third-order valence-corrected chi connectivity index (χ3v) is 4.32. The first-order valence-electron chi connectivity index (χ1n) is 6.29. The molecule has 2 aromatic rings. The molecular weight excluding hydrogens is 242 g/mol. The van der Waals surface area contributed by atoms with Crippen LogP contribution in [0.25, 0.3) is 0 Å². The molecule has 0 spiro atoms. The summed E-state index contributed by atoms with van der Waals surface area (Å²) in [5.41, 5.74) is 8.96. The van der Waals surface area contributed by atoms with E-state index in [1.807, 2.05) is 30.3 Å².